The quantitative estimate of drug-likeness (QED) is 0.908. The average Bonchev–Trinajstić information content (AvgIpc) is 2.43. The predicted molar refractivity (Wildman–Crippen MR) is 81.3 cm³/mol. The van der Waals surface area contributed by atoms with Gasteiger partial charge in [-0.15, -0.1) is 0 Å². The summed E-state index contributed by atoms with van der Waals surface area (Å²) in [7, 11) is -3.68. The average molecular weight is 327 g/mol. The summed E-state index contributed by atoms with van der Waals surface area (Å²) in [6, 6.07) is 1.74. The second-order valence-electron chi connectivity index (χ2n) is 5.58. The molecule has 1 fully saturated rings. The highest BCUT2D eigenvalue weighted by atomic mass is 32.2. The van der Waals surface area contributed by atoms with Crippen LogP contribution in [0.4, 0.5) is 0 Å². The van der Waals surface area contributed by atoms with Crippen molar-refractivity contribution in [2.75, 3.05) is 19.9 Å². The Bertz CT molecular complexity index is 690. The molecule has 22 heavy (non-hydrogen) atoms. The number of aryl methyl sites for hydroxylation is 2. The standard InChI is InChI=1S/C15H21NO5S/c1-10-7-11(2)15(12(3)13(10)8-14(17)18)22(19,20)16-5-4-6-21-9-16/h7H,4-6,8-9H2,1-3H3,(H,17,18). The molecule has 1 N–H and O–H groups in total. The number of benzene rings is 1. The lowest BCUT2D eigenvalue weighted by Gasteiger charge is -2.28. The van der Waals surface area contributed by atoms with Crippen molar-refractivity contribution < 1.29 is 23.1 Å². The molecule has 122 valence electrons. The number of sulfonamides is 1. The lowest BCUT2D eigenvalue weighted by molar-refractivity contribution is -0.136. The molecule has 0 aliphatic carbocycles. The predicted octanol–water partition coefficient (Wildman–Crippen LogP) is 1.61. The SMILES string of the molecule is Cc1cc(C)c(S(=O)(=O)N2CCCOC2)c(C)c1CC(=O)O. The number of carboxylic acid groups (broad SMARTS) is 1. The van der Waals surface area contributed by atoms with Gasteiger partial charge in [0.05, 0.1) is 11.3 Å². The third-order valence-electron chi connectivity index (χ3n) is 3.92. The number of aliphatic carboxylic acids is 1. The van der Waals surface area contributed by atoms with Gasteiger partial charge in [0.2, 0.25) is 10.0 Å². The van der Waals surface area contributed by atoms with E-state index in [-0.39, 0.29) is 18.0 Å². The van der Waals surface area contributed by atoms with Crippen LogP contribution < -0.4 is 0 Å². The fourth-order valence-electron chi connectivity index (χ4n) is 2.92. The van der Waals surface area contributed by atoms with Crippen molar-refractivity contribution in [3.63, 3.8) is 0 Å². The van der Waals surface area contributed by atoms with Gasteiger partial charge in [0.1, 0.15) is 6.73 Å². The van der Waals surface area contributed by atoms with E-state index < -0.39 is 16.0 Å². The topological polar surface area (TPSA) is 83.9 Å². The number of carbonyl (C=O) groups is 1. The fraction of sp³-hybridized carbons (Fsp3) is 0.533. The molecule has 7 heteroatoms. The maximum absolute atomic E-state index is 12.9. The van der Waals surface area contributed by atoms with E-state index in [1.807, 2.05) is 0 Å². The minimum atomic E-state index is -3.68. The molecule has 0 atom stereocenters. The second-order valence-corrected chi connectivity index (χ2v) is 7.46. The molecule has 1 saturated heterocycles. The molecule has 0 spiro atoms. The Kier molecular flexibility index (Phi) is 4.89. The van der Waals surface area contributed by atoms with Gasteiger partial charge in [0.15, 0.2) is 0 Å². The first-order valence-corrected chi connectivity index (χ1v) is 8.58. The molecule has 1 heterocycles. The largest absolute Gasteiger partial charge is 0.481 e. The van der Waals surface area contributed by atoms with Crippen molar-refractivity contribution in [2.45, 2.75) is 38.5 Å². The molecule has 0 amide bonds. The number of carboxylic acids is 1. The summed E-state index contributed by atoms with van der Waals surface area (Å²) >= 11 is 0. The van der Waals surface area contributed by atoms with Crippen LogP contribution in [0.15, 0.2) is 11.0 Å². The van der Waals surface area contributed by atoms with E-state index in [1.54, 1.807) is 26.8 Å². The maximum Gasteiger partial charge on any atom is 0.307 e. The minimum Gasteiger partial charge on any atom is -0.481 e. The zero-order valence-corrected chi connectivity index (χ0v) is 13.9. The third kappa shape index (κ3) is 3.16. The molecular weight excluding hydrogens is 306 g/mol. The smallest absolute Gasteiger partial charge is 0.307 e. The zero-order chi connectivity index (χ0) is 16.5. The monoisotopic (exact) mass is 327 g/mol. The summed E-state index contributed by atoms with van der Waals surface area (Å²) in [5.74, 6) is -0.972. The normalized spacial score (nSPS) is 16.7. The molecule has 0 unspecified atom stereocenters. The maximum atomic E-state index is 12.9. The highest BCUT2D eigenvalue weighted by molar-refractivity contribution is 7.89. The summed E-state index contributed by atoms with van der Waals surface area (Å²) in [4.78, 5) is 11.2. The molecule has 6 nitrogen and oxygen atoms in total. The van der Waals surface area contributed by atoms with Crippen LogP contribution in [0, 0.1) is 20.8 Å². The molecule has 1 aliphatic rings. The Morgan fingerprint density at radius 1 is 1.32 bits per heavy atom. The summed E-state index contributed by atoms with van der Waals surface area (Å²) in [6.07, 6.45) is 0.474. The van der Waals surface area contributed by atoms with Gasteiger partial charge < -0.3 is 9.84 Å². The van der Waals surface area contributed by atoms with E-state index in [0.29, 0.717) is 36.3 Å². The summed E-state index contributed by atoms with van der Waals surface area (Å²) in [5, 5.41) is 9.05. The number of ether oxygens (including phenoxy) is 1. The molecule has 0 radical (unpaired) electrons. The van der Waals surface area contributed by atoms with Crippen molar-refractivity contribution in [1.29, 1.82) is 0 Å². The first-order valence-electron chi connectivity index (χ1n) is 7.14. The van der Waals surface area contributed by atoms with Gasteiger partial charge in [0.25, 0.3) is 0 Å². The van der Waals surface area contributed by atoms with Crippen molar-refractivity contribution in [3.8, 4) is 0 Å². The number of nitrogens with zero attached hydrogens (tertiary/aromatic N) is 1. The number of hydrogen-bond donors (Lipinski definition) is 1. The van der Waals surface area contributed by atoms with Crippen LogP contribution in [0.25, 0.3) is 0 Å². The van der Waals surface area contributed by atoms with Crippen LogP contribution in [0.1, 0.15) is 28.7 Å². The van der Waals surface area contributed by atoms with Gasteiger partial charge >= 0.3 is 5.97 Å². The van der Waals surface area contributed by atoms with Crippen molar-refractivity contribution in [1.82, 2.24) is 4.31 Å². The Hall–Kier alpha value is -1.44. The third-order valence-corrected chi connectivity index (χ3v) is 6.03. The Morgan fingerprint density at radius 3 is 2.55 bits per heavy atom. The molecular formula is C15H21NO5S. The van der Waals surface area contributed by atoms with Gasteiger partial charge in [-0.05, 0) is 49.4 Å². The van der Waals surface area contributed by atoms with Crippen LogP contribution in [0.5, 0.6) is 0 Å². The number of rotatable bonds is 4. The fourth-order valence-corrected chi connectivity index (χ4v) is 4.74. The van der Waals surface area contributed by atoms with E-state index in [4.69, 9.17) is 9.84 Å². The van der Waals surface area contributed by atoms with Crippen LogP contribution in [-0.2, 0) is 26.0 Å². The zero-order valence-electron chi connectivity index (χ0n) is 13.0. The van der Waals surface area contributed by atoms with Crippen LogP contribution in [0.3, 0.4) is 0 Å². The van der Waals surface area contributed by atoms with Gasteiger partial charge in [0, 0.05) is 13.2 Å². The Balaban J connectivity index is 2.56. The van der Waals surface area contributed by atoms with Gasteiger partial charge in [-0.2, -0.15) is 4.31 Å². The molecule has 2 rings (SSSR count). The number of hydrogen-bond acceptors (Lipinski definition) is 4. The summed E-state index contributed by atoms with van der Waals surface area (Å²) in [6.45, 7) is 6.24. The lowest BCUT2D eigenvalue weighted by Crippen LogP contribution is -2.38. The molecule has 1 aromatic rings. The second kappa shape index (κ2) is 6.36. The first kappa shape index (κ1) is 16.9. The van der Waals surface area contributed by atoms with Crippen molar-refractivity contribution in [2.24, 2.45) is 0 Å². The lowest BCUT2D eigenvalue weighted by atomic mass is 9.97. The highest BCUT2D eigenvalue weighted by Gasteiger charge is 2.30. The van der Waals surface area contributed by atoms with Crippen LogP contribution in [-0.4, -0.2) is 43.7 Å². The van der Waals surface area contributed by atoms with E-state index >= 15 is 0 Å². The van der Waals surface area contributed by atoms with E-state index in [1.165, 1.54) is 4.31 Å². The Labute approximate surface area is 130 Å². The minimum absolute atomic E-state index is 0.0450. The van der Waals surface area contributed by atoms with E-state index in [9.17, 15) is 13.2 Å². The van der Waals surface area contributed by atoms with Gasteiger partial charge in [-0.3, -0.25) is 4.79 Å². The summed E-state index contributed by atoms with van der Waals surface area (Å²) in [5.41, 5.74) is 2.51. The Morgan fingerprint density at radius 2 is 2.00 bits per heavy atom. The molecule has 0 aromatic heterocycles. The van der Waals surface area contributed by atoms with Crippen LogP contribution in [0.2, 0.25) is 0 Å². The highest BCUT2D eigenvalue weighted by Crippen LogP contribution is 2.30. The van der Waals surface area contributed by atoms with Crippen molar-refractivity contribution in [3.05, 3.63) is 28.3 Å². The molecule has 0 bridgehead atoms. The van der Waals surface area contributed by atoms with Crippen molar-refractivity contribution >= 4 is 16.0 Å². The first-order chi connectivity index (χ1) is 10.2. The van der Waals surface area contributed by atoms with E-state index in [0.717, 1.165) is 5.56 Å². The summed E-state index contributed by atoms with van der Waals surface area (Å²) < 4.78 is 32.3. The van der Waals surface area contributed by atoms with E-state index in [2.05, 4.69) is 0 Å². The van der Waals surface area contributed by atoms with Crippen LogP contribution >= 0.6 is 0 Å². The van der Waals surface area contributed by atoms with Gasteiger partial charge in [-0.25, -0.2) is 8.42 Å². The molecule has 1 aliphatic heterocycles. The molecule has 1 aromatic carbocycles. The van der Waals surface area contributed by atoms with Gasteiger partial charge in [-0.1, -0.05) is 6.07 Å². The molecule has 0 saturated carbocycles.